The van der Waals surface area contributed by atoms with E-state index in [1.165, 1.54) is 43.2 Å². The second-order valence-electron chi connectivity index (χ2n) is 13.1. The van der Waals surface area contributed by atoms with E-state index in [-0.39, 0.29) is 0 Å². The highest BCUT2D eigenvalue weighted by molar-refractivity contribution is 7.99. The van der Waals surface area contributed by atoms with Crippen molar-refractivity contribution in [1.29, 1.82) is 0 Å². The maximum absolute atomic E-state index is 6.70. The van der Waals surface area contributed by atoms with Crippen LogP contribution in [-0.2, 0) is 5.41 Å². The second-order valence-corrected chi connectivity index (χ2v) is 14.2. The van der Waals surface area contributed by atoms with Gasteiger partial charge in [0, 0.05) is 37.3 Å². The fourth-order valence-electron chi connectivity index (χ4n) is 8.29. The summed E-state index contributed by atoms with van der Waals surface area (Å²) in [5, 5.41) is 2.04. The predicted molar refractivity (Wildman–Crippen MR) is 205 cm³/mol. The fourth-order valence-corrected chi connectivity index (χ4v) is 9.49. The molecule has 0 atom stereocenters. The maximum atomic E-state index is 6.70. The molecule has 2 aromatic heterocycles. The van der Waals surface area contributed by atoms with E-state index in [9.17, 15) is 0 Å². The van der Waals surface area contributed by atoms with Crippen LogP contribution in [0.3, 0.4) is 0 Å². The molecule has 1 aliphatic heterocycles. The van der Waals surface area contributed by atoms with Crippen molar-refractivity contribution in [2.24, 2.45) is 0 Å². The van der Waals surface area contributed by atoms with Crippen molar-refractivity contribution in [2.45, 2.75) is 15.2 Å². The molecule has 9 aromatic rings. The van der Waals surface area contributed by atoms with Gasteiger partial charge in [-0.05, 0) is 57.6 Å². The zero-order valence-electron chi connectivity index (χ0n) is 27.2. The van der Waals surface area contributed by atoms with Crippen LogP contribution in [0.5, 0.6) is 0 Å². The van der Waals surface area contributed by atoms with Crippen LogP contribution in [-0.4, -0.2) is 15.0 Å². The van der Waals surface area contributed by atoms with Gasteiger partial charge in [0.15, 0.2) is 17.5 Å². The molecule has 0 radical (unpaired) electrons. The highest BCUT2D eigenvalue weighted by Gasteiger charge is 2.50. The van der Waals surface area contributed by atoms with Crippen LogP contribution in [0.15, 0.2) is 178 Å². The van der Waals surface area contributed by atoms with Gasteiger partial charge >= 0.3 is 0 Å². The van der Waals surface area contributed by atoms with Crippen molar-refractivity contribution in [3.63, 3.8) is 0 Å². The molecule has 11 rings (SSSR count). The number of furan rings is 1. The van der Waals surface area contributed by atoms with Crippen molar-refractivity contribution in [2.75, 3.05) is 0 Å². The summed E-state index contributed by atoms with van der Waals surface area (Å²) in [5.41, 5.74) is 11.7. The lowest BCUT2D eigenvalue weighted by Crippen LogP contribution is -2.31. The van der Waals surface area contributed by atoms with E-state index < -0.39 is 5.41 Å². The van der Waals surface area contributed by atoms with Gasteiger partial charge in [-0.15, -0.1) is 0 Å². The zero-order valence-corrected chi connectivity index (χ0v) is 28.1. The molecule has 7 aromatic carbocycles. The van der Waals surface area contributed by atoms with Crippen LogP contribution in [0.4, 0.5) is 0 Å². The maximum Gasteiger partial charge on any atom is 0.164 e. The van der Waals surface area contributed by atoms with Crippen molar-refractivity contribution in [1.82, 2.24) is 15.0 Å². The van der Waals surface area contributed by atoms with Crippen molar-refractivity contribution >= 4 is 33.7 Å². The van der Waals surface area contributed by atoms with Crippen molar-refractivity contribution < 1.29 is 4.42 Å². The normalized spacial score (nSPS) is 13.6. The molecular formula is C46H27N3OS. The molecule has 4 nitrogen and oxygen atoms in total. The summed E-state index contributed by atoms with van der Waals surface area (Å²) in [6, 6.07) is 57.8. The Kier molecular flexibility index (Phi) is 6.07. The number of fused-ring (bicyclic) bond motifs is 12. The lowest BCUT2D eigenvalue weighted by atomic mass is 9.67. The lowest BCUT2D eigenvalue weighted by Gasteiger charge is -2.39. The zero-order chi connectivity index (χ0) is 33.5. The van der Waals surface area contributed by atoms with E-state index >= 15 is 0 Å². The van der Waals surface area contributed by atoms with E-state index in [2.05, 4.69) is 91.0 Å². The SMILES string of the molecule is c1ccc(-c2nc(-c3ccccc3)nc(-c3cccc4oc5cc6c(cc5c34)C3(c4ccccc4S6)c4ccccc4-c4ccccc43)n2)cc1. The average Bonchev–Trinajstić information content (AvgIpc) is 3.71. The first-order valence-corrected chi connectivity index (χ1v) is 17.9. The summed E-state index contributed by atoms with van der Waals surface area (Å²) >= 11 is 1.82. The van der Waals surface area contributed by atoms with Gasteiger partial charge in [-0.1, -0.05) is 151 Å². The summed E-state index contributed by atoms with van der Waals surface area (Å²) in [7, 11) is 0. The minimum atomic E-state index is -0.481. The van der Waals surface area contributed by atoms with Gasteiger partial charge in [-0.3, -0.25) is 0 Å². The molecule has 0 saturated carbocycles. The Balaban J connectivity index is 1.22. The van der Waals surface area contributed by atoms with Gasteiger partial charge in [-0.25, -0.2) is 15.0 Å². The van der Waals surface area contributed by atoms with Gasteiger partial charge in [0.2, 0.25) is 0 Å². The van der Waals surface area contributed by atoms with Crippen LogP contribution in [0.25, 0.3) is 67.2 Å². The molecular weight excluding hydrogens is 643 g/mol. The van der Waals surface area contributed by atoms with Crippen LogP contribution >= 0.6 is 11.8 Å². The Labute approximate surface area is 298 Å². The molecule has 0 saturated heterocycles. The Hall–Kier alpha value is -6.30. The van der Waals surface area contributed by atoms with Crippen LogP contribution in [0.2, 0.25) is 0 Å². The molecule has 51 heavy (non-hydrogen) atoms. The summed E-state index contributed by atoms with van der Waals surface area (Å²) < 4.78 is 6.70. The minimum absolute atomic E-state index is 0.481. The van der Waals surface area contributed by atoms with Gasteiger partial charge in [0.05, 0.1) is 5.41 Å². The number of aromatic nitrogens is 3. The Morgan fingerprint density at radius 3 is 1.63 bits per heavy atom. The van der Waals surface area contributed by atoms with E-state index in [1.54, 1.807) is 0 Å². The van der Waals surface area contributed by atoms with Gasteiger partial charge in [-0.2, -0.15) is 0 Å². The van der Waals surface area contributed by atoms with E-state index in [4.69, 9.17) is 19.4 Å². The Bertz CT molecular complexity index is 2740. The summed E-state index contributed by atoms with van der Waals surface area (Å²) in [6.45, 7) is 0. The smallest absolute Gasteiger partial charge is 0.164 e. The number of benzene rings is 7. The molecule has 2 aliphatic rings. The first-order chi connectivity index (χ1) is 25.3. The summed E-state index contributed by atoms with van der Waals surface area (Å²) in [4.78, 5) is 17.6. The monoisotopic (exact) mass is 669 g/mol. The molecule has 1 spiro atoms. The van der Waals surface area contributed by atoms with Crippen LogP contribution < -0.4 is 0 Å². The van der Waals surface area contributed by atoms with E-state index in [0.29, 0.717) is 17.5 Å². The number of hydrogen-bond acceptors (Lipinski definition) is 5. The Morgan fingerprint density at radius 2 is 0.961 bits per heavy atom. The van der Waals surface area contributed by atoms with Gasteiger partial charge < -0.3 is 4.42 Å². The Morgan fingerprint density at radius 1 is 0.412 bits per heavy atom. The molecule has 0 fully saturated rings. The molecule has 0 unspecified atom stereocenters. The molecule has 0 bridgehead atoms. The molecule has 3 heterocycles. The summed E-state index contributed by atoms with van der Waals surface area (Å²) in [5.74, 6) is 1.88. The standard InChI is InChI=1S/C46H27N3OS/c1-3-14-28(15-4-1)43-47-44(29-16-5-2-6-17-29)49-45(48-43)32-20-13-24-38-42(32)33-26-37-41(27-39(33)50-38)51-40-25-12-11-23-36(40)46(37)34-21-9-7-18-30(34)31-19-8-10-22-35(31)46/h1-27H. The minimum Gasteiger partial charge on any atom is -0.456 e. The number of rotatable bonds is 3. The predicted octanol–water partition coefficient (Wildman–Crippen LogP) is 11.6. The van der Waals surface area contributed by atoms with E-state index in [1.807, 2.05) is 84.6 Å². The van der Waals surface area contributed by atoms with Crippen LogP contribution in [0, 0.1) is 0 Å². The topological polar surface area (TPSA) is 51.8 Å². The highest BCUT2D eigenvalue weighted by atomic mass is 32.2. The van der Waals surface area contributed by atoms with Crippen molar-refractivity contribution in [3.8, 4) is 45.3 Å². The van der Waals surface area contributed by atoms with Gasteiger partial charge in [0.1, 0.15) is 11.2 Å². The number of nitrogens with zero attached hydrogens (tertiary/aromatic N) is 3. The fraction of sp³-hybridized carbons (Fsp3) is 0.0217. The molecule has 0 N–H and O–H groups in total. The molecule has 0 amide bonds. The van der Waals surface area contributed by atoms with Crippen molar-refractivity contribution in [3.05, 3.63) is 186 Å². The molecule has 238 valence electrons. The largest absolute Gasteiger partial charge is 0.456 e. The summed E-state index contributed by atoms with van der Waals surface area (Å²) in [6.07, 6.45) is 0. The quantitative estimate of drug-likeness (QED) is 0.187. The average molecular weight is 670 g/mol. The van der Waals surface area contributed by atoms with E-state index in [0.717, 1.165) is 38.6 Å². The molecule has 5 heteroatoms. The van der Waals surface area contributed by atoms with Crippen LogP contribution in [0.1, 0.15) is 22.3 Å². The molecule has 1 aliphatic carbocycles. The third-order valence-electron chi connectivity index (χ3n) is 10.4. The second kappa shape index (κ2) is 10.8. The third kappa shape index (κ3) is 4.07. The highest BCUT2D eigenvalue weighted by Crippen LogP contribution is 2.62. The third-order valence-corrected chi connectivity index (χ3v) is 11.5. The lowest BCUT2D eigenvalue weighted by molar-refractivity contribution is 0.664. The first-order valence-electron chi connectivity index (χ1n) is 17.1. The first kappa shape index (κ1) is 28.5. The van der Waals surface area contributed by atoms with Gasteiger partial charge in [0.25, 0.3) is 0 Å². The number of hydrogen-bond donors (Lipinski definition) is 0.